The van der Waals surface area contributed by atoms with Gasteiger partial charge in [0, 0.05) is 22.4 Å². The lowest BCUT2D eigenvalue weighted by Crippen LogP contribution is -2.40. The van der Waals surface area contributed by atoms with E-state index in [4.69, 9.17) is 0 Å². The Hall–Kier alpha value is -7.22. The molecule has 1 spiro atoms. The lowest BCUT2D eigenvalue weighted by atomic mass is 9.55. The van der Waals surface area contributed by atoms with Gasteiger partial charge in [-0.25, -0.2) is 0 Å². The molecule has 0 bridgehead atoms. The van der Waals surface area contributed by atoms with Gasteiger partial charge in [0.2, 0.25) is 0 Å². The Morgan fingerprint density at radius 3 is 1.29 bits per heavy atom. The van der Waals surface area contributed by atoms with Gasteiger partial charge in [-0.2, -0.15) is 0 Å². The molecule has 0 N–H and O–H groups in total. The Morgan fingerprint density at radius 1 is 0.288 bits per heavy atom. The fourth-order valence-corrected chi connectivity index (χ4v) is 10.2. The molecule has 1 nitrogen and oxygen atoms in total. The summed E-state index contributed by atoms with van der Waals surface area (Å²) < 4.78 is 0. The Kier molecular flexibility index (Phi) is 8.13. The van der Waals surface area contributed by atoms with Gasteiger partial charge >= 0.3 is 0 Å². The zero-order chi connectivity index (χ0) is 39.6. The van der Waals surface area contributed by atoms with Gasteiger partial charge in [-0.3, -0.25) is 0 Å². The predicted octanol–water partition coefficient (Wildman–Crippen LogP) is 15.2. The average Bonchev–Trinajstić information content (AvgIpc) is 3.60. The van der Waals surface area contributed by atoms with Gasteiger partial charge in [-0.05, 0) is 103 Å². The number of hydrogen-bond acceptors (Lipinski definition) is 1. The Balaban J connectivity index is 1.12. The van der Waals surface area contributed by atoms with E-state index in [-0.39, 0.29) is 5.41 Å². The van der Waals surface area contributed by atoms with Gasteiger partial charge in [0.1, 0.15) is 0 Å². The highest BCUT2D eigenvalue weighted by Gasteiger charge is 2.53. The summed E-state index contributed by atoms with van der Waals surface area (Å²) >= 11 is 0. The Morgan fingerprint density at radius 2 is 0.695 bits per heavy atom. The standard InChI is InChI=1S/C58H43N/c1-57(2)51-24-12-14-26-53(51)58(54-27-15-13-25-52(54)57)50-23-11-9-22-48(50)49-38-37-46(39-55(49)58)59(56-28-16-10-21-47(56)44-19-7-4-8-20-44)45-35-33-43(34-36-45)42-31-29-41(30-32-42)40-17-5-3-6-18-40/h3-39H,1-2H3. The van der Waals surface area contributed by atoms with Crippen LogP contribution in [-0.2, 0) is 10.8 Å². The summed E-state index contributed by atoms with van der Waals surface area (Å²) in [6, 6.07) is 82.9. The largest absolute Gasteiger partial charge is 0.310 e. The smallest absolute Gasteiger partial charge is 0.0720 e. The van der Waals surface area contributed by atoms with Gasteiger partial charge < -0.3 is 4.90 Å². The zero-order valence-electron chi connectivity index (χ0n) is 33.3. The van der Waals surface area contributed by atoms with E-state index in [0.717, 1.165) is 17.1 Å². The molecule has 0 atom stereocenters. The minimum atomic E-state index is -0.481. The third kappa shape index (κ3) is 5.39. The maximum atomic E-state index is 2.50. The molecule has 9 aromatic carbocycles. The monoisotopic (exact) mass is 753 g/mol. The first-order valence-corrected chi connectivity index (χ1v) is 20.7. The van der Waals surface area contributed by atoms with Crippen molar-refractivity contribution in [2.45, 2.75) is 24.7 Å². The number of hydrogen-bond donors (Lipinski definition) is 0. The van der Waals surface area contributed by atoms with Crippen LogP contribution < -0.4 is 4.90 Å². The topological polar surface area (TPSA) is 3.24 Å². The second kappa shape index (κ2) is 13.7. The van der Waals surface area contributed by atoms with Gasteiger partial charge in [0.15, 0.2) is 0 Å². The van der Waals surface area contributed by atoms with Crippen molar-refractivity contribution in [1.82, 2.24) is 0 Å². The van der Waals surface area contributed by atoms with E-state index in [1.54, 1.807) is 0 Å². The van der Waals surface area contributed by atoms with Crippen LogP contribution in [0.3, 0.4) is 0 Å². The molecule has 0 saturated carbocycles. The second-order valence-corrected chi connectivity index (χ2v) is 16.5. The fourth-order valence-electron chi connectivity index (χ4n) is 10.2. The summed E-state index contributed by atoms with van der Waals surface area (Å²) in [7, 11) is 0. The molecule has 0 saturated heterocycles. The fraction of sp³-hybridized carbons (Fsp3) is 0.0690. The van der Waals surface area contributed by atoms with Gasteiger partial charge in [-0.15, -0.1) is 0 Å². The van der Waals surface area contributed by atoms with Crippen LogP contribution in [-0.4, -0.2) is 0 Å². The Labute approximate surface area is 347 Å². The zero-order valence-corrected chi connectivity index (χ0v) is 33.3. The molecule has 59 heavy (non-hydrogen) atoms. The highest BCUT2D eigenvalue weighted by Crippen LogP contribution is 2.62. The minimum Gasteiger partial charge on any atom is -0.310 e. The van der Waals surface area contributed by atoms with Crippen molar-refractivity contribution in [3.05, 3.63) is 258 Å². The second-order valence-electron chi connectivity index (χ2n) is 16.5. The lowest BCUT2D eigenvalue weighted by Gasteiger charge is -2.46. The van der Waals surface area contributed by atoms with Crippen molar-refractivity contribution in [2.75, 3.05) is 4.90 Å². The van der Waals surface area contributed by atoms with Gasteiger partial charge in [0.25, 0.3) is 0 Å². The molecule has 0 fully saturated rings. The summed E-state index contributed by atoms with van der Waals surface area (Å²) in [5.74, 6) is 0. The number of anilines is 3. The summed E-state index contributed by atoms with van der Waals surface area (Å²) in [6.07, 6.45) is 0. The molecule has 0 heterocycles. The van der Waals surface area contributed by atoms with E-state index in [9.17, 15) is 0 Å². The summed E-state index contributed by atoms with van der Waals surface area (Å²) in [5.41, 5.74) is 20.7. The molecule has 0 aliphatic heterocycles. The third-order valence-corrected chi connectivity index (χ3v) is 13.0. The van der Waals surface area contributed by atoms with Crippen LogP contribution in [0.25, 0.3) is 44.5 Å². The number of nitrogens with zero attached hydrogens (tertiary/aromatic N) is 1. The van der Waals surface area contributed by atoms with E-state index in [1.165, 1.54) is 77.9 Å². The lowest BCUT2D eigenvalue weighted by molar-refractivity contribution is 0.563. The first kappa shape index (κ1) is 35.0. The Bertz CT molecular complexity index is 2940. The molecule has 0 aromatic heterocycles. The van der Waals surface area contributed by atoms with E-state index >= 15 is 0 Å². The summed E-state index contributed by atoms with van der Waals surface area (Å²) in [6.45, 7) is 4.78. The van der Waals surface area contributed by atoms with Crippen LogP contribution in [0.1, 0.15) is 47.2 Å². The van der Waals surface area contributed by atoms with Crippen molar-refractivity contribution in [1.29, 1.82) is 0 Å². The molecule has 2 aliphatic carbocycles. The highest BCUT2D eigenvalue weighted by atomic mass is 15.1. The minimum absolute atomic E-state index is 0.155. The van der Waals surface area contributed by atoms with Crippen molar-refractivity contribution in [3.8, 4) is 44.5 Å². The van der Waals surface area contributed by atoms with E-state index < -0.39 is 5.41 Å². The number of para-hydroxylation sites is 1. The van der Waals surface area contributed by atoms with Crippen molar-refractivity contribution in [2.24, 2.45) is 0 Å². The first-order chi connectivity index (χ1) is 29.0. The van der Waals surface area contributed by atoms with Crippen LogP contribution in [0.5, 0.6) is 0 Å². The molecule has 0 unspecified atom stereocenters. The van der Waals surface area contributed by atoms with Crippen molar-refractivity contribution < 1.29 is 0 Å². The molecule has 2 aliphatic rings. The summed E-state index contributed by atoms with van der Waals surface area (Å²) in [4.78, 5) is 2.46. The quantitative estimate of drug-likeness (QED) is 0.163. The van der Waals surface area contributed by atoms with Crippen LogP contribution in [0, 0.1) is 0 Å². The van der Waals surface area contributed by atoms with Crippen molar-refractivity contribution >= 4 is 17.1 Å². The van der Waals surface area contributed by atoms with E-state index in [0.29, 0.717) is 0 Å². The molecular formula is C58H43N. The van der Waals surface area contributed by atoms with Crippen LogP contribution in [0.2, 0.25) is 0 Å². The van der Waals surface area contributed by atoms with E-state index in [1.807, 2.05) is 0 Å². The number of benzene rings is 9. The SMILES string of the molecule is CC1(C)c2ccccc2C2(c3ccccc3-c3ccc(N(c4ccc(-c5ccc(-c6ccccc6)cc5)cc4)c4ccccc4-c4ccccc4)cc32)c2ccccc21. The van der Waals surface area contributed by atoms with Crippen LogP contribution in [0.4, 0.5) is 17.1 Å². The van der Waals surface area contributed by atoms with Gasteiger partial charge in [0.05, 0.1) is 11.1 Å². The maximum Gasteiger partial charge on any atom is 0.0720 e. The maximum absolute atomic E-state index is 2.50. The molecule has 280 valence electrons. The van der Waals surface area contributed by atoms with Crippen LogP contribution in [0.15, 0.2) is 224 Å². The normalized spacial score (nSPS) is 13.9. The molecule has 1 heteroatoms. The summed E-state index contributed by atoms with van der Waals surface area (Å²) in [5, 5.41) is 0. The first-order valence-electron chi connectivity index (χ1n) is 20.7. The average molecular weight is 754 g/mol. The molecular weight excluding hydrogens is 711 g/mol. The highest BCUT2D eigenvalue weighted by molar-refractivity contribution is 5.93. The molecule has 0 amide bonds. The molecule has 0 radical (unpaired) electrons. The number of rotatable bonds is 6. The third-order valence-electron chi connectivity index (χ3n) is 13.0. The predicted molar refractivity (Wildman–Crippen MR) is 247 cm³/mol. The molecule has 11 rings (SSSR count). The van der Waals surface area contributed by atoms with Gasteiger partial charge in [-0.1, -0.05) is 208 Å². The molecule has 9 aromatic rings. The van der Waals surface area contributed by atoms with Crippen LogP contribution >= 0.6 is 0 Å². The number of fused-ring (bicyclic) bond motifs is 9. The van der Waals surface area contributed by atoms with Crippen molar-refractivity contribution in [3.63, 3.8) is 0 Å². The van der Waals surface area contributed by atoms with E-state index in [2.05, 4.69) is 243 Å².